The lowest BCUT2D eigenvalue weighted by Gasteiger charge is -2.26. The van der Waals surface area contributed by atoms with Gasteiger partial charge in [0.15, 0.2) is 0 Å². The minimum Gasteiger partial charge on any atom is -0.496 e. The fourth-order valence-corrected chi connectivity index (χ4v) is 3.45. The van der Waals surface area contributed by atoms with Gasteiger partial charge in [0, 0.05) is 36.1 Å². The molecule has 0 saturated carbocycles. The Kier molecular flexibility index (Phi) is 4.76. The Balaban J connectivity index is 1.63. The van der Waals surface area contributed by atoms with Gasteiger partial charge < -0.3 is 15.4 Å². The van der Waals surface area contributed by atoms with E-state index in [9.17, 15) is 9.59 Å². The van der Waals surface area contributed by atoms with Crippen molar-refractivity contribution in [3.8, 4) is 5.75 Å². The fraction of sp³-hybridized carbons (Fsp3) is 0.136. The molecule has 0 fully saturated rings. The van der Waals surface area contributed by atoms with Gasteiger partial charge >= 0.3 is 0 Å². The zero-order valence-corrected chi connectivity index (χ0v) is 15.3. The number of carbonyl (C=O) groups is 2. The summed E-state index contributed by atoms with van der Waals surface area (Å²) in [5.74, 6) is 0.109. The molecule has 0 radical (unpaired) electrons. The Bertz CT molecular complexity index is 1030. The molecule has 0 aliphatic carbocycles. The number of ether oxygens (including phenoxy) is 1. The van der Waals surface area contributed by atoms with E-state index >= 15 is 0 Å². The van der Waals surface area contributed by atoms with Gasteiger partial charge in [0.1, 0.15) is 5.75 Å². The maximum absolute atomic E-state index is 12.6. The van der Waals surface area contributed by atoms with E-state index < -0.39 is 0 Å². The van der Waals surface area contributed by atoms with Crippen LogP contribution in [0.5, 0.6) is 5.75 Å². The Morgan fingerprint density at radius 1 is 1.18 bits per heavy atom. The van der Waals surface area contributed by atoms with Crippen LogP contribution in [0.25, 0.3) is 0 Å². The zero-order valence-electron chi connectivity index (χ0n) is 15.3. The van der Waals surface area contributed by atoms with E-state index in [2.05, 4.69) is 15.6 Å². The molecule has 2 aromatic carbocycles. The smallest absolute Gasteiger partial charge is 0.259 e. The van der Waals surface area contributed by atoms with Crippen LogP contribution in [0, 0.1) is 0 Å². The highest BCUT2D eigenvalue weighted by molar-refractivity contribution is 6.06. The third-order valence-corrected chi connectivity index (χ3v) is 4.79. The van der Waals surface area contributed by atoms with Gasteiger partial charge in [-0.2, -0.15) is 0 Å². The molecule has 1 atom stereocenters. The number of rotatable bonds is 4. The van der Waals surface area contributed by atoms with Crippen LogP contribution in [-0.4, -0.2) is 23.9 Å². The predicted molar refractivity (Wildman–Crippen MR) is 107 cm³/mol. The first-order chi connectivity index (χ1) is 13.7. The number of fused-ring (bicyclic) bond motifs is 1. The van der Waals surface area contributed by atoms with Gasteiger partial charge in [-0.15, -0.1) is 0 Å². The monoisotopic (exact) mass is 373 g/mol. The number of anilines is 2. The van der Waals surface area contributed by atoms with Crippen molar-refractivity contribution >= 4 is 23.2 Å². The summed E-state index contributed by atoms with van der Waals surface area (Å²) in [5, 5.41) is 5.77. The Hall–Kier alpha value is -3.67. The first-order valence-corrected chi connectivity index (χ1v) is 8.94. The summed E-state index contributed by atoms with van der Waals surface area (Å²) in [5.41, 5.74) is 3.73. The summed E-state index contributed by atoms with van der Waals surface area (Å²) in [6, 6.07) is 16.4. The number of methoxy groups -OCH3 is 1. The lowest BCUT2D eigenvalue weighted by Crippen LogP contribution is -2.24. The second-order valence-corrected chi connectivity index (χ2v) is 6.55. The number of aromatic nitrogens is 1. The topological polar surface area (TPSA) is 80.3 Å². The molecule has 140 valence electrons. The second kappa shape index (κ2) is 7.52. The lowest BCUT2D eigenvalue weighted by molar-refractivity contribution is -0.116. The van der Waals surface area contributed by atoms with Crippen LogP contribution in [0.2, 0.25) is 0 Å². The van der Waals surface area contributed by atoms with Crippen molar-refractivity contribution in [2.45, 2.75) is 12.3 Å². The molecule has 3 aromatic rings. The van der Waals surface area contributed by atoms with Gasteiger partial charge in [0.2, 0.25) is 5.91 Å². The number of nitrogens with one attached hydrogen (secondary N) is 2. The number of carbonyl (C=O) groups excluding carboxylic acids is 2. The van der Waals surface area contributed by atoms with E-state index in [1.54, 1.807) is 36.7 Å². The van der Waals surface area contributed by atoms with Crippen LogP contribution < -0.4 is 15.4 Å². The van der Waals surface area contributed by atoms with Crippen molar-refractivity contribution in [2.24, 2.45) is 0 Å². The first kappa shape index (κ1) is 17.7. The van der Waals surface area contributed by atoms with Crippen LogP contribution >= 0.6 is 0 Å². The SMILES string of the molecule is COc1ccccc1C(=O)Nc1ccc2c(c1)NC(=O)CC2c1cccnc1. The molecular formula is C22H19N3O3. The molecule has 28 heavy (non-hydrogen) atoms. The van der Waals surface area contributed by atoms with E-state index in [4.69, 9.17) is 4.74 Å². The fourth-order valence-electron chi connectivity index (χ4n) is 3.45. The summed E-state index contributed by atoms with van der Waals surface area (Å²) in [6.45, 7) is 0. The normalized spacial score (nSPS) is 15.3. The first-order valence-electron chi connectivity index (χ1n) is 8.94. The highest BCUT2D eigenvalue weighted by atomic mass is 16.5. The van der Waals surface area contributed by atoms with E-state index in [1.165, 1.54) is 7.11 Å². The van der Waals surface area contributed by atoms with Crippen molar-refractivity contribution < 1.29 is 14.3 Å². The largest absolute Gasteiger partial charge is 0.496 e. The Labute approximate surface area is 162 Å². The summed E-state index contributed by atoms with van der Waals surface area (Å²) in [4.78, 5) is 29.0. The molecule has 6 heteroatoms. The van der Waals surface area contributed by atoms with E-state index in [0.717, 1.165) is 11.1 Å². The van der Waals surface area contributed by atoms with Crippen molar-refractivity contribution in [2.75, 3.05) is 17.7 Å². The molecule has 2 amide bonds. The summed E-state index contributed by atoms with van der Waals surface area (Å²) < 4.78 is 5.25. The number of hydrogen-bond acceptors (Lipinski definition) is 4. The number of para-hydroxylation sites is 1. The third-order valence-electron chi connectivity index (χ3n) is 4.79. The van der Waals surface area contributed by atoms with Crippen LogP contribution in [0.4, 0.5) is 11.4 Å². The van der Waals surface area contributed by atoms with Gasteiger partial charge in [-0.05, 0) is 41.5 Å². The third kappa shape index (κ3) is 3.44. The van der Waals surface area contributed by atoms with E-state index in [0.29, 0.717) is 29.1 Å². The quantitative estimate of drug-likeness (QED) is 0.729. The predicted octanol–water partition coefficient (Wildman–Crippen LogP) is 3.82. The van der Waals surface area contributed by atoms with Gasteiger partial charge in [-0.25, -0.2) is 0 Å². The van der Waals surface area contributed by atoms with Crippen LogP contribution in [0.3, 0.4) is 0 Å². The summed E-state index contributed by atoms with van der Waals surface area (Å²) in [7, 11) is 1.53. The molecule has 4 rings (SSSR count). The van der Waals surface area contributed by atoms with Gasteiger partial charge in [0.25, 0.3) is 5.91 Å². The number of amides is 2. The molecule has 6 nitrogen and oxygen atoms in total. The Morgan fingerprint density at radius 3 is 2.82 bits per heavy atom. The average Bonchev–Trinajstić information content (AvgIpc) is 2.73. The van der Waals surface area contributed by atoms with Gasteiger partial charge in [-0.1, -0.05) is 24.3 Å². The number of nitrogens with zero attached hydrogens (tertiary/aromatic N) is 1. The minimum absolute atomic E-state index is 0.0589. The maximum Gasteiger partial charge on any atom is 0.259 e. The lowest BCUT2D eigenvalue weighted by atomic mass is 9.85. The zero-order chi connectivity index (χ0) is 19.5. The van der Waals surface area contributed by atoms with Gasteiger partial charge in [0.05, 0.1) is 12.7 Å². The second-order valence-electron chi connectivity index (χ2n) is 6.55. The molecule has 0 bridgehead atoms. The molecular weight excluding hydrogens is 354 g/mol. The molecule has 0 spiro atoms. The van der Waals surface area contributed by atoms with Crippen LogP contribution in [-0.2, 0) is 4.79 Å². The number of pyridine rings is 1. The maximum atomic E-state index is 12.6. The average molecular weight is 373 g/mol. The molecule has 1 aliphatic heterocycles. The minimum atomic E-state index is -0.275. The van der Waals surface area contributed by atoms with Crippen molar-refractivity contribution in [1.82, 2.24) is 4.98 Å². The Morgan fingerprint density at radius 2 is 2.04 bits per heavy atom. The van der Waals surface area contributed by atoms with Crippen molar-refractivity contribution in [3.05, 3.63) is 83.7 Å². The molecule has 0 saturated heterocycles. The molecule has 1 aliphatic rings. The highest BCUT2D eigenvalue weighted by Crippen LogP contribution is 2.38. The summed E-state index contributed by atoms with van der Waals surface area (Å²) >= 11 is 0. The van der Waals surface area contributed by atoms with E-state index in [1.807, 2.05) is 30.3 Å². The summed E-state index contributed by atoms with van der Waals surface area (Å²) in [6.07, 6.45) is 3.86. The molecule has 1 unspecified atom stereocenters. The van der Waals surface area contributed by atoms with Crippen LogP contribution in [0.1, 0.15) is 33.8 Å². The van der Waals surface area contributed by atoms with E-state index in [-0.39, 0.29) is 17.7 Å². The van der Waals surface area contributed by atoms with Crippen molar-refractivity contribution in [1.29, 1.82) is 0 Å². The van der Waals surface area contributed by atoms with Gasteiger partial charge in [-0.3, -0.25) is 14.6 Å². The molecule has 2 N–H and O–H groups in total. The number of benzene rings is 2. The molecule has 1 aromatic heterocycles. The molecule has 2 heterocycles. The van der Waals surface area contributed by atoms with Crippen LogP contribution in [0.15, 0.2) is 67.0 Å². The standard InChI is InChI=1S/C22H19N3O3/c1-28-20-7-3-2-6-17(20)22(27)24-15-8-9-16-18(14-5-4-10-23-13-14)12-21(26)25-19(16)11-15/h2-11,13,18H,12H2,1H3,(H,24,27)(H,25,26). The van der Waals surface area contributed by atoms with Crippen molar-refractivity contribution in [3.63, 3.8) is 0 Å². The number of hydrogen-bond donors (Lipinski definition) is 2. The highest BCUT2D eigenvalue weighted by Gasteiger charge is 2.27.